The molecule has 0 heterocycles. The molecule has 0 saturated heterocycles. The number of carbonyl (C=O) groups excluding carboxylic acids is 1. The predicted octanol–water partition coefficient (Wildman–Crippen LogP) is 2.89. The molecule has 0 fully saturated rings. The highest BCUT2D eigenvalue weighted by Crippen LogP contribution is 2.24. The molecule has 2 rings (SSSR count). The minimum absolute atomic E-state index is 0.118. The molecule has 128 valence electrons. The van der Waals surface area contributed by atoms with Crippen molar-refractivity contribution in [2.75, 3.05) is 27.0 Å². The second kappa shape index (κ2) is 8.61. The number of carbonyl (C=O) groups is 1. The quantitative estimate of drug-likeness (QED) is 0.754. The Kier molecular flexibility index (Phi) is 6.52. The molecule has 6 heteroatoms. The highest BCUT2D eigenvalue weighted by Gasteiger charge is 2.15. The van der Waals surface area contributed by atoms with E-state index in [0.717, 1.165) is 10.5 Å². The number of hydrogen-bond donors (Lipinski definition) is 2. The van der Waals surface area contributed by atoms with Gasteiger partial charge in [-0.1, -0.05) is 12.1 Å². The second-order valence-corrected chi connectivity index (χ2v) is 5.94. The van der Waals surface area contributed by atoms with Crippen LogP contribution in [0.25, 0.3) is 0 Å². The summed E-state index contributed by atoms with van der Waals surface area (Å²) in [5.41, 5.74) is 1.15. The van der Waals surface area contributed by atoms with E-state index in [4.69, 9.17) is 9.47 Å². The van der Waals surface area contributed by atoms with E-state index in [1.807, 2.05) is 30.5 Å². The average molecular weight is 347 g/mol. The van der Waals surface area contributed by atoms with Gasteiger partial charge in [-0.05, 0) is 36.1 Å². The van der Waals surface area contributed by atoms with E-state index >= 15 is 0 Å². The van der Waals surface area contributed by atoms with Crippen molar-refractivity contribution in [3.8, 4) is 11.5 Å². The van der Waals surface area contributed by atoms with Crippen LogP contribution >= 0.6 is 11.8 Å². The zero-order chi connectivity index (χ0) is 17.5. The summed E-state index contributed by atoms with van der Waals surface area (Å²) < 4.78 is 10.3. The Labute approximate surface area is 146 Å². The van der Waals surface area contributed by atoms with Gasteiger partial charge in [0.1, 0.15) is 11.5 Å². The molecule has 0 bridgehead atoms. The van der Waals surface area contributed by atoms with Crippen LogP contribution in [-0.2, 0) is 0 Å². The minimum Gasteiger partial charge on any atom is -0.497 e. The van der Waals surface area contributed by atoms with Crippen molar-refractivity contribution < 1.29 is 19.4 Å². The highest BCUT2D eigenvalue weighted by atomic mass is 32.2. The second-order valence-electron chi connectivity index (χ2n) is 5.07. The van der Waals surface area contributed by atoms with Crippen LogP contribution < -0.4 is 14.8 Å². The van der Waals surface area contributed by atoms with Gasteiger partial charge in [-0.25, -0.2) is 0 Å². The van der Waals surface area contributed by atoms with E-state index in [1.165, 1.54) is 7.11 Å². The maximum atomic E-state index is 12.3. The van der Waals surface area contributed by atoms with Gasteiger partial charge in [0.05, 0.1) is 25.9 Å². The first-order valence-corrected chi connectivity index (χ1v) is 8.63. The maximum Gasteiger partial charge on any atom is 0.255 e. The van der Waals surface area contributed by atoms with Crippen molar-refractivity contribution in [3.63, 3.8) is 0 Å². The SMILES string of the molecule is COc1ccc(C(=O)NCC(O)c2ccc(SC)cc2)c(OC)c1. The number of aliphatic hydroxyl groups excluding tert-OH is 1. The average Bonchev–Trinajstić information content (AvgIpc) is 2.65. The molecular weight excluding hydrogens is 326 g/mol. The fourth-order valence-electron chi connectivity index (χ4n) is 2.21. The van der Waals surface area contributed by atoms with Gasteiger partial charge < -0.3 is 19.9 Å². The molecule has 0 aliphatic carbocycles. The number of rotatable bonds is 7. The van der Waals surface area contributed by atoms with E-state index in [0.29, 0.717) is 17.1 Å². The number of nitrogens with one attached hydrogen (secondary N) is 1. The van der Waals surface area contributed by atoms with Crippen molar-refractivity contribution in [1.82, 2.24) is 5.32 Å². The van der Waals surface area contributed by atoms with Gasteiger partial charge in [-0.2, -0.15) is 0 Å². The van der Waals surface area contributed by atoms with Gasteiger partial charge in [-0.3, -0.25) is 4.79 Å². The molecule has 5 nitrogen and oxygen atoms in total. The fraction of sp³-hybridized carbons (Fsp3) is 0.278. The van der Waals surface area contributed by atoms with Crippen LogP contribution in [0, 0.1) is 0 Å². The van der Waals surface area contributed by atoms with Gasteiger partial charge in [0.2, 0.25) is 0 Å². The number of methoxy groups -OCH3 is 2. The van der Waals surface area contributed by atoms with Crippen LogP contribution in [0.15, 0.2) is 47.4 Å². The molecular formula is C18H21NO4S. The van der Waals surface area contributed by atoms with Gasteiger partial charge in [0.15, 0.2) is 0 Å². The van der Waals surface area contributed by atoms with E-state index in [-0.39, 0.29) is 12.5 Å². The van der Waals surface area contributed by atoms with Crippen LogP contribution in [0.2, 0.25) is 0 Å². The molecule has 24 heavy (non-hydrogen) atoms. The molecule has 1 atom stereocenters. The van der Waals surface area contributed by atoms with Crippen molar-refractivity contribution >= 4 is 17.7 Å². The van der Waals surface area contributed by atoms with Crippen LogP contribution in [0.1, 0.15) is 22.0 Å². The van der Waals surface area contributed by atoms with Crippen LogP contribution in [0.3, 0.4) is 0 Å². The van der Waals surface area contributed by atoms with Crippen LogP contribution in [0.4, 0.5) is 0 Å². The lowest BCUT2D eigenvalue weighted by Crippen LogP contribution is -2.28. The lowest BCUT2D eigenvalue weighted by Gasteiger charge is -2.14. The Hall–Kier alpha value is -2.18. The summed E-state index contributed by atoms with van der Waals surface area (Å²) in [7, 11) is 3.04. The van der Waals surface area contributed by atoms with Crippen molar-refractivity contribution in [2.45, 2.75) is 11.0 Å². The largest absolute Gasteiger partial charge is 0.497 e. The third kappa shape index (κ3) is 4.43. The molecule has 2 aromatic rings. The zero-order valence-corrected chi connectivity index (χ0v) is 14.7. The number of ether oxygens (including phenoxy) is 2. The summed E-state index contributed by atoms with van der Waals surface area (Å²) in [6, 6.07) is 12.6. The minimum atomic E-state index is -0.769. The molecule has 1 amide bonds. The van der Waals surface area contributed by atoms with Gasteiger partial charge in [0, 0.05) is 17.5 Å². The predicted molar refractivity (Wildman–Crippen MR) is 95.1 cm³/mol. The Balaban J connectivity index is 2.01. The van der Waals surface area contributed by atoms with E-state index < -0.39 is 6.10 Å². The first kappa shape index (κ1) is 18.2. The number of aliphatic hydroxyl groups is 1. The number of thioether (sulfide) groups is 1. The number of benzene rings is 2. The molecule has 1 unspecified atom stereocenters. The molecule has 0 spiro atoms. The molecule has 2 aromatic carbocycles. The molecule has 0 aliphatic heterocycles. The third-order valence-corrected chi connectivity index (χ3v) is 4.35. The lowest BCUT2D eigenvalue weighted by molar-refractivity contribution is 0.0913. The van der Waals surface area contributed by atoms with E-state index in [1.54, 1.807) is 37.1 Å². The highest BCUT2D eigenvalue weighted by molar-refractivity contribution is 7.98. The Morgan fingerprint density at radius 2 is 1.88 bits per heavy atom. The summed E-state index contributed by atoms with van der Waals surface area (Å²) in [6.45, 7) is 0.118. The van der Waals surface area contributed by atoms with Crippen molar-refractivity contribution in [3.05, 3.63) is 53.6 Å². The molecule has 0 saturated carbocycles. The first-order valence-electron chi connectivity index (χ1n) is 7.41. The molecule has 0 aromatic heterocycles. The fourth-order valence-corrected chi connectivity index (χ4v) is 2.62. The Bertz CT molecular complexity index is 688. The van der Waals surface area contributed by atoms with Gasteiger partial charge >= 0.3 is 0 Å². The summed E-state index contributed by atoms with van der Waals surface area (Å²) in [6.07, 6.45) is 1.22. The van der Waals surface area contributed by atoms with Gasteiger partial charge in [-0.15, -0.1) is 11.8 Å². The molecule has 0 radical (unpaired) electrons. The van der Waals surface area contributed by atoms with E-state index in [2.05, 4.69) is 5.32 Å². The van der Waals surface area contributed by atoms with Crippen molar-refractivity contribution in [1.29, 1.82) is 0 Å². The van der Waals surface area contributed by atoms with Gasteiger partial charge in [0.25, 0.3) is 5.91 Å². The first-order chi connectivity index (χ1) is 11.6. The van der Waals surface area contributed by atoms with E-state index in [9.17, 15) is 9.90 Å². The Morgan fingerprint density at radius 1 is 1.17 bits per heavy atom. The van der Waals surface area contributed by atoms with Crippen molar-refractivity contribution in [2.24, 2.45) is 0 Å². The zero-order valence-electron chi connectivity index (χ0n) is 13.9. The summed E-state index contributed by atoms with van der Waals surface area (Å²) >= 11 is 1.64. The summed E-state index contributed by atoms with van der Waals surface area (Å²) in [5.74, 6) is 0.720. The van der Waals surface area contributed by atoms with Crippen LogP contribution in [-0.4, -0.2) is 38.0 Å². The number of hydrogen-bond acceptors (Lipinski definition) is 5. The van der Waals surface area contributed by atoms with Crippen LogP contribution in [0.5, 0.6) is 11.5 Å². The monoisotopic (exact) mass is 347 g/mol. The molecule has 0 aliphatic rings. The smallest absolute Gasteiger partial charge is 0.255 e. The normalized spacial score (nSPS) is 11.7. The number of amides is 1. The lowest BCUT2D eigenvalue weighted by atomic mass is 10.1. The summed E-state index contributed by atoms with van der Waals surface area (Å²) in [4.78, 5) is 13.4. The third-order valence-electron chi connectivity index (χ3n) is 3.61. The summed E-state index contributed by atoms with van der Waals surface area (Å²) in [5, 5.41) is 12.9. The topological polar surface area (TPSA) is 67.8 Å². The standard InChI is InChI=1S/C18H21NO4S/c1-22-13-6-9-15(17(10-13)23-2)18(21)19-11-16(20)12-4-7-14(24-3)8-5-12/h4-10,16,20H,11H2,1-3H3,(H,19,21). The maximum absolute atomic E-state index is 12.3. The molecule has 2 N–H and O–H groups in total. The Morgan fingerprint density at radius 3 is 2.46 bits per heavy atom.